The Morgan fingerprint density at radius 2 is 2.00 bits per heavy atom. The summed E-state index contributed by atoms with van der Waals surface area (Å²) in [5, 5.41) is 3.36. The van der Waals surface area contributed by atoms with E-state index in [1.54, 1.807) is 7.11 Å². The Balaban J connectivity index is 3.12. The number of unbranched alkanes of at least 4 members (excludes halogenated alkanes) is 1. The van der Waals surface area contributed by atoms with E-state index in [1.807, 2.05) is 0 Å². The van der Waals surface area contributed by atoms with Crippen molar-refractivity contribution in [2.24, 2.45) is 11.7 Å². The number of nitrogens with one attached hydrogen (secondary N) is 1. The molecule has 0 saturated heterocycles. The van der Waals surface area contributed by atoms with Gasteiger partial charge in [-0.2, -0.15) is 0 Å². The van der Waals surface area contributed by atoms with Crippen LogP contribution in [0.2, 0.25) is 0 Å². The van der Waals surface area contributed by atoms with Crippen molar-refractivity contribution in [3.8, 4) is 0 Å². The standard InChI is InChI=1S/C11H26N2O/c1-10(2)6-4-5-7-13-9-11(8-12)14-3/h10-11,13H,4-9,12H2,1-3H3. The number of methoxy groups -OCH3 is 1. The number of ether oxygens (including phenoxy) is 1. The molecule has 14 heavy (non-hydrogen) atoms. The molecule has 0 aliphatic rings. The van der Waals surface area contributed by atoms with Crippen molar-refractivity contribution in [3.63, 3.8) is 0 Å². The minimum atomic E-state index is 0.167. The molecular formula is C11H26N2O. The Kier molecular flexibility index (Phi) is 9.35. The van der Waals surface area contributed by atoms with Gasteiger partial charge >= 0.3 is 0 Å². The average Bonchev–Trinajstić information content (AvgIpc) is 2.16. The first-order chi connectivity index (χ1) is 6.70. The second-order valence-electron chi connectivity index (χ2n) is 4.19. The van der Waals surface area contributed by atoms with Crippen molar-refractivity contribution >= 4 is 0 Å². The van der Waals surface area contributed by atoms with Crippen LogP contribution >= 0.6 is 0 Å². The molecule has 1 unspecified atom stereocenters. The third-order valence-corrected chi connectivity index (χ3v) is 2.35. The lowest BCUT2D eigenvalue weighted by Crippen LogP contribution is -2.34. The van der Waals surface area contributed by atoms with E-state index in [2.05, 4.69) is 19.2 Å². The van der Waals surface area contributed by atoms with E-state index in [0.717, 1.165) is 19.0 Å². The molecule has 0 rings (SSSR count). The van der Waals surface area contributed by atoms with Gasteiger partial charge in [-0.3, -0.25) is 0 Å². The lowest BCUT2D eigenvalue weighted by Gasteiger charge is -2.13. The Labute approximate surface area is 88.4 Å². The smallest absolute Gasteiger partial charge is 0.0817 e. The second-order valence-corrected chi connectivity index (χ2v) is 4.19. The third-order valence-electron chi connectivity index (χ3n) is 2.35. The summed E-state index contributed by atoms with van der Waals surface area (Å²) >= 11 is 0. The molecule has 0 bridgehead atoms. The first-order valence-electron chi connectivity index (χ1n) is 5.64. The molecule has 0 heterocycles. The molecule has 0 aromatic carbocycles. The van der Waals surface area contributed by atoms with Gasteiger partial charge in [-0.05, 0) is 18.9 Å². The van der Waals surface area contributed by atoms with E-state index >= 15 is 0 Å². The monoisotopic (exact) mass is 202 g/mol. The summed E-state index contributed by atoms with van der Waals surface area (Å²) in [6, 6.07) is 0. The summed E-state index contributed by atoms with van der Waals surface area (Å²) in [4.78, 5) is 0. The average molecular weight is 202 g/mol. The fourth-order valence-corrected chi connectivity index (χ4v) is 1.33. The molecule has 0 saturated carbocycles. The van der Waals surface area contributed by atoms with Gasteiger partial charge in [0.15, 0.2) is 0 Å². The summed E-state index contributed by atoms with van der Waals surface area (Å²) < 4.78 is 5.16. The summed E-state index contributed by atoms with van der Waals surface area (Å²) in [6.45, 7) is 7.07. The molecule has 0 aliphatic carbocycles. The van der Waals surface area contributed by atoms with Gasteiger partial charge in [0.1, 0.15) is 0 Å². The molecule has 0 fully saturated rings. The first-order valence-corrected chi connectivity index (χ1v) is 5.64. The van der Waals surface area contributed by atoms with Gasteiger partial charge in [0, 0.05) is 20.2 Å². The molecule has 0 amide bonds. The van der Waals surface area contributed by atoms with Crippen LogP contribution in [0.4, 0.5) is 0 Å². The quantitative estimate of drug-likeness (QED) is 0.555. The highest BCUT2D eigenvalue weighted by atomic mass is 16.5. The Hall–Kier alpha value is -0.120. The summed E-state index contributed by atoms with van der Waals surface area (Å²) in [5.74, 6) is 0.825. The minimum Gasteiger partial charge on any atom is -0.379 e. The predicted molar refractivity (Wildman–Crippen MR) is 61.4 cm³/mol. The van der Waals surface area contributed by atoms with E-state index in [9.17, 15) is 0 Å². The molecule has 1 atom stereocenters. The van der Waals surface area contributed by atoms with Crippen LogP contribution in [0.25, 0.3) is 0 Å². The zero-order valence-electron chi connectivity index (χ0n) is 9.88. The molecule has 3 heteroatoms. The molecule has 0 radical (unpaired) electrons. The maximum Gasteiger partial charge on any atom is 0.0817 e. The van der Waals surface area contributed by atoms with E-state index in [4.69, 9.17) is 10.5 Å². The largest absolute Gasteiger partial charge is 0.379 e. The number of rotatable bonds is 9. The second kappa shape index (κ2) is 9.44. The Morgan fingerprint density at radius 1 is 1.29 bits per heavy atom. The molecule has 86 valence electrons. The van der Waals surface area contributed by atoms with Crippen molar-refractivity contribution in [2.45, 2.75) is 39.2 Å². The van der Waals surface area contributed by atoms with Crippen LogP contribution in [0.15, 0.2) is 0 Å². The maximum absolute atomic E-state index is 5.50. The van der Waals surface area contributed by atoms with Crippen LogP contribution in [-0.4, -0.2) is 32.8 Å². The number of nitrogens with two attached hydrogens (primary N) is 1. The zero-order chi connectivity index (χ0) is 10.8. The van der Waals surface area contributed by atoms with E-state index in [1.165, 1.54) is 19.3 Å². The SMILES string of the molecule is COC(CN)CNCCCCC(C)C. The fraction of sp³-hybridized carbons (Fsp3) is 1.00. The van der Waals surface area contributed by atoms with Gasteiger partial charge < -0.3 is 15.8 Å². The topological polar surface area (TPSA) is 47.3 Å². The first kappa shape index (κ1) is 13.9. The van der Waals surface area contributed by atoms with Crippen molar-refractivity contribution in [1.29, 1.82) is 0 Å². The van der Waals surface area contributed by atoms with Crippen molar-refractivity contribution in [3.05, 3.63) is 0 Å². The molecule has 0 spiro atoms. The van der Waals surface area contributed by atoms with Gasteiger partial charge in [0.2, 0.25) is 0 Å². The summed E-state index contributed by atoms with van der Waals surface area (Å²) in [7, 11) is 1.71. The molecule has 3 nitrogen and oxygen atoms in total. The lowest BCUT2D eigenvalue weighted by molar-refractivity contribution is 0.108. The van der Waals surface area contributed by atoms with Crippen molar-refractivity contribution < 1.29 is 4.74 Å². The fourth-order valence-electron chi connectivity index (χ4n) is 1.33. The maximum atomic E-state index is 5.50. The van der Waals surface area contributed by atoms with E-state index in [-0.39, 0.29) is 6.10 Å². The van der Waals surface area contributed by atoms with Gasteiger partial charge in [0.05, 0.1) is 6.10 Å². The van der Waals surface area contributed by atoms with Crippen molar-refractivity contribution in [1.82, 2.24) is 5.32 Å². The van der Waals surface area contributed by atoms with Crippen molar-refractivity contribution in [2.75, 3.05) is 26.7 Å². The van der Waals surface area contributed by atoms with Gasteiger partial charge in [0.25, 0.3) is 0 Å². The van der Waals surface area contributed by atoms with Crippen LogP contribution in [0.3, 0.4) is 0 Å². The highest BCUT2D eigenvalue weighted by Crippen LogP contribution is 2.04. The Bertz CT molecular complexity index is 114. The minimum absolute atomic E-state index is 0.167. The van der Waals surface area contributed by atoms with E-state index in [0.29, 0.717) is 6.54 Å². The third kappa shape index (κ3) is 8.48. The molecule has 0 aromatic rings. The molecule has 3 N–H and O–H groups in total. The lowest BCUT2D eigenvalue weighted by atomic mass is 10.1. The van der Waals surface area contributed by atoms with Crippen LogP contribution in [0.5, 0.6) is 0 Å². The summed E-state index contributed by atoms with van der Waals surface area (Å²) in [6.07, 6.45) is 4.05. The molecular weight excluding hydrogens is 176 g/mol. The summed E-state index contributed by atoms with van der Waals surface area (Å²) in [5.41, 5.74) is 5.50. The van der Waals surface area contributed by atoms with Gasteiger partial charge in [-0.25, -0.2) is 0 Å². The molecule has 0 aliphatic heterocycles. The van der Waals surface area contributed by atoms with Crippen LogP contribution in [-0.2, 0) is 4.74 Å². The van der Waals surface area contributed by atoms with E-state index < -0.39 is 0 Å². The highest BCUT2D eigenvalue weighted by molar-refractivity contribution is 4.61. The Morgan fingerprint density at radius 3 is 2.50 bits per heavy atom. The van der Waals surface area contributed by atoms with Crippen LogP contribution in [0.1, 0.15) is 33.1 Å². The van der Waals surface area contributed by atoms with Crippen LogP contribution in [0, 0.1) is 5.92 Å². The van der Waals surface area contributed by atoms with Gasteiger partial charge in [-0.1, -0.05) is 26.7 Å². The normalized spacial score (nSPS) is 13.5. The number of hydrogen-bond acceptors (Lipinski definition) is 3. The zero-order valence-corrected chi connectivity index (χ0v) is 9.88. The highest BCUT2D eigenvalue weighted by Gasteiger charge is 2.02. The molecule has 0 aromatic heterocycles. The van der Waals surface area contributed by atoms with Crippen LogP contribution < -0.4 is 11.1 Å². The predicted octanol–water partition coefficient (Wildman–Crippen LogP) is 1.38. The van der Waals surface area contributed by atoms with Gasteiger partial charge in [-0.15, -0.1) is 0 Å². The number of hydrogen-bond donors (Lipinski definition) is 2.